The molecule has 0 saturated carbocycles. The molecule has 0 aromatic heterocycles. The van der Waals surface area contributed by atoms with Gasteiger partial charge < -0.3 is 14.6 Å². The smallest absolute Gasteiger partial charge is 0.0576 e. The lowest BCUT2D eigenvalue weighted by Gasteiger charge is -2.12. The molecule has 1 rings (SSSR count). The summed E-state index contributed by atoms with van der Waals surface area (Å²) < 4.78 is 10.8. The summed E-state index contributed by atoms with van der Waals surface area (Å²) >= 11 is 0. The molecule has 96 valence electrons. The zero-order valence-corrected chi connectivity index (χ0v) is 10.5. The van der Waals surface area contributed by atoms with Gasteiger partial charge in [0.1, 0.15) is 0 Å². The van der Waals surface area contributed by atoms with Crippen LogP contribution in [0, 0.1) is 0 Å². The predicted molar refractivity (Wildman–Crippen MR) is 64.6 cm³/mol. The fraction of sp³-hybridized carbons (Fsp3) is 1.00. The van der Waals surface area contributed by atoms with Crippen molar-refractivity contribution in [2.45, 2.75) is 64.1 Å². The Balaban J connectivity index is 1.87. The molecular weight excluding hydrogens is 204 g/mol. The van der Waals surface area contributed by atoms with Gasteiger partial charge in [-0.15, -0.1) is 0 Å². The molecule has 0 radical (unpaired) electrons. The maximum Gasteiger partial charge on any atom is 0.0576 e. The van der Waals surface area contributed by atoms with Crippen LogP contribution >= 0.6 is 0 Å². The zero-order valence-electron chi connectivity index (χ0n) is 10.5. The van der Waals surface area contributed by atoms with Crippen LogP contribution in [0.3, 0.4) is 0 Å². The van der Waals surface area contributed by atoms with E-state index in [4.69, 9.17) is 9.47 Å². The van der Waals surface area contributed by atoms with Gasteiger partial charge in [0.2, 0.25) is 0 Å². The van der Waals surface area contributed by atoms with Gasteiger partial charge in [-0.25, -0.2) is 0 Å². The quantitative estimate of drug-likeness (QED) is 0.619. The Hall–Kier alpha value is -0.120. The lowest BCUT2D eigenvalue weighted by atomic mass is 10.0. The van der Waals surface area contributed by atoms with Crippen LogP contribution in [-0.4, -0.2) is 37.1 Å². The molecule has 0 amide bonds. The van der Waals surface area contributed by atoms with Gasteiger partial charge in [0.15, 0.2) is 0 Å². The molecule has 1 N–H and O–H groups in total. The summed E-state index contributed by atoms with van der Waals surface area (Å²) in [6.07, 6.45) is 7.68. The second kappa shape index (κ2) is 8.97. The number of aliphatic hydroxyl groups is 1. The summed E-state index contributed by atoms with van der Waals surface area (Å²) in [6.45, 7) is 4.48. The van der Waals surface area contributed by atoms with Gasteiger partial charge in [-0.3, -0.25) is 0 Å². The van der Waals surface area contributed by atoms with Crippen molar-refractivity contribution in [3.63, 3.8) is 0 Å². The summed E-state index contributed by atoms with van der Waals surface area (Å²) in [4.78, 5) is 0. The van der Waals surface area contributed by atoms with E-state index in [1.54, 1.807) is 0 Å². The van der Waals surface area contributed by atoms with Crippen molar-refractivity contribution >= 4 is 0 Å². The monoisotopic (exact) mass is 230 g/mol. The lowest BCUT2D eigenvalue weighted by molar-refractivity contribution is 0.0877. The highest BCUT2D eigenvalue weighted by atomic mass is 16.5. The first-order valence-corrected chi connectivity index (χ1v) is 6.70. The van der Waals surface area contributed by atoms with Gasteiger partial charge in [-0.1, -0.05) is 0 Å². The third kappa shape index (κ3) is 6.46. The van der Waals surface area contributed by atoms with Crippen molar-refractivity contribution in [1.82, 2.24) is 0 Å². The molecule has 1 heterocycles. The van der Waals surface area contributed by atoms with Crippen molar-refractivity contribution in [1.29, 1.82) is 0 Å². The molecule has 3 nitrogen and oxygen atoms in total. The first-order valence-electron chi connectivity index (χ1n) is 6.70. The SMILES string of the molecule is CCOCCCC(O)CCCC1CCCO1. The second-order valence-corrected chi connectivity index (χ2v) is 4.56. The Bertz CT molecular complexity index is 155. The molecule has 2 atom stereocenters. The van der Waals surface area contributed by atoms with E-state index >= 15 is 0 Å². The first kappa shape index (κ1) is 13.9. The van der Waals surface area contributed by atoms with Gasteiger partial charge in [0.05, 0.1) is 12.2 Å². The average Bonchev–Trinajstić information content (AvgIpc) is 2.77. The minimum Gasteiger partial charge on any atom is -0.393 e. The van der Waals surface area contributed by atoms with E-state index in [1.807, 2.05) is 6.92 Å². The van der Waals surface area contributed by atoms with E-state index in [9.17, 15) is 5.11 Å². The van der Waals surface area contributed by atoms with Crippen molar-refractivity contribution in [2.75, 3.05) is 19.8 Å². The van der Waals surface area contributed by atoms with E-state index in [-0.39, 0.29) is 6.10 Å². The summed E-state index contributed by atoms with van der Waals surface area (Å²) in [5.74, 6) is 0. The van der Waals surface area contributed by atoms with Crippen LogP contribution in [0.1, 0.15) is 51.9 Å². The maximum atomic E-state index is 9.73. The van der Waals surface area contributed by atoms with Crippen LogP contribution in [0.25, 0.3) is 0 Å². The van der Waals surface area contributed by atoms with Crippen LogP contribution in [0.4, 0.5) is 0 Å². The largest absolute Gasteiger partial charge is 0.393 e. The van der Waals surface area contributed by atoms with Crippen molar-refractivity contribution in [3.8, 4) is 0 Å². The Morgan fingerprint density at radius 2 is 2.19 bits per heavy atom. The maximum absolute atomic E-state index is 9.73. The Morgan fingerprint density at radius 1 is 1.38 bits per heavy atom. The minimum absolute atomic E-state index is 0.151. The molecule has 0 bridgehead atoms. The van der Waals surface area contributed by atoms with Gasteiger partial charge in [0.25, 0.3) is 0 Å². The summed E-state index contributed by atoms with van der Waals surface area (Å²) in [6, 6.07) is 0. The van der Waals surface area contributed by atoms with E-state index in [2.05, 4.69) is 0 Å². The van der Waals surface area contributed by atoms with Gasteiger partial charge in [0, 0.05) is 19.8 Å². The normalized spacial score (nSPS) is 22.5. The Labute approximate surface area is 99.1 Å². The third-order valence-electron chi connectivity index (χ3n) is 3.12. The minimum atomic E-state index is -0.151. The molecular formula is C13H26O3. The molecule has 0 aromatic carbocycles. The third-order valence-corrected chi connectivity index (χ3v) is 3.12. The van der Waals surface area contributed by atoms with Crippen LogP contribution in [0.2, 0.25) is 0 Å². The predicted octanol–water partition coefficient (Wildman–Crippen LogP) is 2.51. The summed E-state index contributed by atoms with van der Waals surface area (Å²) in [7, 11) is 0. The Morgan fingerprint density at radius 3 is 2.88 bits per heavy atom. The summed E-state index contributed by atoms with van der Waals surface area (Å²) in [5, 5.41) is 9.73. The van der Waals surface area contributed by atoms with Crippen LogP contribution in [0.15, 0.2) is 0 Å². The molecule has 0 aromatic rings. The van der Waals surface area contributed by atoms with Gasteiger partial charge in [-0.2, -0.15) is 0 Å². The number of hydrogen-bond acceptors (Lipinski definition) is 3. The topological polar surface area (TPSA) is 38.7 Å². The van der Waals surface area contributed by atoms with Gasteiger partial charge in [-0.05, 0) is 51.9 Å². The Kier molecular flexibility index (Phi) is 7.81. The lowest BCUT2D eigenvalue weighted by Crippen LogP contribution is -2.10. The average molecular weight is 230 g/mol. The molecule has 1 fully saturated rings. The summed E-state index contributed by atoms with van der Waals surface area (Å²) in [5.41, 5.74) is 0. The molecule has 1 aliphatic rings. The van der Waals surface area contributed by atoms with E-state index in [0.717, 1.165) is 51.9 Å². The molecule has 0 aliphatic carbocycles. The molecule has 1 saturated heterocycles. The standard InChI is InChI=1S/C13H26O3/c1-2-15-10-4-7-12(14)6-3-8-13-9-5-11-16-13/h12-14H,2-11H2,1H3. The number of hydrogen-bond donors (Lipinski definition) is 1. The van der Waals surface area contributed by atoms with Crippen LogP contribution < -0.4 is 0 Å². The number of aliphatic hydroxyl groups excluding tert-OH is 1. The fourth-order valence-electron chi connectivity index (χ4n) is 2.16. The van der Waals surface area contributed by atoms with Crippen LogP contribution in [0.5, 0.6) is 0 Å². The molecule has 1 aliphatic heterocycles. The van der Waals surface area contributed by atoms with Crippen molar-refractivity contribution in [3.05, 3.63) is 0 Å². The van der Waals surface area contributed by atoms with Crippen molar-refractivity contribution < 1.29 is 14.6 Å². The fourth-order valence-corrected chi connectivity index (χ4v) is 2.16. The van der Waals surface area contributed by atoms with E-state index in [0.29, 0.717) is 6.10 Å². The molecule has 0 spiro atoms. The number of ether oxygens (including phenoxy) is 2. The first-order chi connectivity index (χ1) is 7.83. The van der Waals surface area contributed by atoms with E-state index in [1.165, 1.54) is 12.8 Å². The highest BCUT2D eigenvalue weighted by Gasteiger charge is 2.15. The second-order valence-electron chi connectivity index (χ2n) is 4.56. The highest BCUT2D eigenvalue weighted by Crippen LogP contribution is 2.18. The molecule has 16 heavy (non-hydrogen) atoms. The zero-order chi connectivity index (χ0) is 11.6. The highest BCUT2D eigenvalue weighted by molar-refractivity contribution is 4.66. The molecule has 3 heteroatoms. The number of rotatable bonds is 9. The van der Waals surface area contributed by atoms with Gasteiger partial charge >= 0.3 is 0 Å². The van der Waals surface area contributed by atoms with Crippen LogP contribution in [-0.2, 0) is 9.47 Å². The van der Waals surface area contributed by atoms with Crippen molar-refractivity contribution in [2.24, 2.45) is 0 Å². The van der Waals surface area contributed by atoms with E-state index < -0.39 is 0 Å². The molecule has 2 unspecified atom stereocenters.